The van der Waals surface area contributed by atoms with Gasteiger partial charge in [0, 0.05) is 11.5 Å². The first-order valence-corrected chi connectivity index (χ1v) is 7.16. The summed E-state index contributed by atoms with van der Waals surface area (Å²) in [6, 6.07) is 1.73. The van der Waals surface area contributed by atoms with E-state index in [-0.39, 0.29) is 11.5 Å². The maximum Gasteiger partial charge on any atom is 0.219 e. The van der Waals surface area contributed by atoms with Gasteiger partial charge in [-0.05, 0) is 25.2 Å². The largest absolute Gasteiger partial charge is 0.474 e. The number of nitrogen functional groups attached to an aromatic ring is 1. The summed E-state index contributed by atoms with van der Waals surface area (Å²) >= 11 is 0. The van der Waals surface area contributed by atoms with E-state index in [1.165, 1.54) is 12.8 Å². The molecular weight excluding hydrogens is 238 g/mol. The van der Waals surface area contributed by atoms with Crippen LogP contribution in [-0.2, 0) is 5.41 Å². The Kier molecular flexibility index (Phi) is 3.97. The van der Waals surface area contributed by atoms with Crippen LogP contribution >= 0.6 is 0 Å². The van der Waals surface area contributed by atoms with Crippen molar-refractivity contribution >= 4 is 5.82 Å². The summed E-state index contributed by atoms with van der Waals surface area (Å²) in [4.78, 5) is 8.81. The van der Waals surface area contributed by atoms with Crippen LogP contribution in [0.3, 0.4) is 0 Å². The molecule has 1 aliphatic rings. The number of anilines is 1. The van der Waals surface area contributed by atoms with Crippen LogP contribution in [0.25, 0.3) is 0 Å². The lowest BCUT2D eigenvalue weighted by Gasteiger charge is -2.27. The SMILES string of the molecule is CC1CCCC(Oc2cc(N)nc(C(C)(C)C)n2)C1. The molecule has 2 rings (SSSR count). The molecule has 0 bridgehead atoms. The average molecular weight is 263 g/mol. The fourth-order valence-corrected chi connectivity index (χ4v) is 2.49. The van der Waals surface area contributed by atoms with E-state index in [4.69, 9.17) is 10.5 Å². The Bertz CT molecular complexity index is 440. The van der Waals surface area contributed by atoms with Gasteiger partial charge < -0.3 is 10.5 Å². The summed E-state index contributed by atoms with van der Waals surface area (Å²) < 4.78 is 6.01. The summed E-state index contributed by atoms with van der Waals surface area (Å²) in [5.41, 5.74) is 5.74. The van der Waals surface area contributed by atoms with Crippen LogP contribution in [0.15, 0.2) is 6.07 Å². The Hall–Kier alpha value is -1.32. The van der Waals surface area contributed by atoms with Crippen molar-refractivity contribution < 1.29 is 4.74 Å². The molecule has 0 amide bonds. The maximum atomic E-state index is 6.01. The molecule has 2 unspecified atom stereocenters. The van der Waals surface area contributed by atoms with Crippen LogP contribution in [0.5, 0.6) is 5.88 Å². The van der Waals surface area contributed by atoms with Gasteiger partial charge in [-0.25, -0.2) is 4.98 Å². The Labute approximate surface area is 115 Å². The highest BCUT2D eigenvalue weighted by atomic mass is 16.5. The van der Waals surface area contributed by atoms with E-state index in [9.17, 15) is 0 Å². The Morgan fingerprint density at radius 2 is 2.00 bits per heavy atom. The Balaban J connectivity index is 2.14. The number of nitrogens with zero attached hydrogens (tertiary/aromatic N) is 2. The van der Waals surface area contributed by atoms with Crippen LogP contribution in [0.4, 0.5) is 5.82 Å². The van der Waals surface area contributed by atoms with Crippen LogP contribution in [-0.4, -0.2) is 16.1 Å². The van der Waals surface area contributed by atoms with Gasteiger partial charge in [-0.15, -0.1) is 0 Å². The number of nitrogens with two attached hydrogens (primary N) is 1. The first kappa shape index (κ1) is 14.1. The minimum Gasteiger partial charge on any atom is -0.474 e. The van der Waals surface area contributed by atoms with Gasteiger partial charge in [-0.2, -0.15) is 4.98 Å². The quantitative estimate of drug-likeness (QED) is 0.889. The number of aromatic nitrogens is 2. The van der Waals surface area contributed by atoms with Crippen molar-refractivity contribution in [3.8, 4) is 5.88 Å². The van der Waals surface area contributed by atoms with Crippen LogP contribution in [0, 0.1) is 5.92 Å². The van der Waals surface area contributed by atoms with Crippen molar-refractivity contribution in [3.63, 3.8) is 0 Å². The zero-order valence-corrected chi connectivity index (χ0v) is 12.4. The van der Waals surface area contributed by atoms with E-state index < -0.39 is 0 Å². The van der Waals surface area contributed by atoms with Gasteiger partial charge in [-0.1, -0.05) is 34.1 Å². The normalized spacial score (nSPS) is 24.2. The van der Waals surface area contributed by atoms with E-state index in [1.54, 1.807) is 6.07 Å². The molecular formula is C15H25N3O. The van der Waals surface area contributed by atoms with Crippen molar-refractivity contribution in [1.29, 1.82) is 0 Å². The van der Waals surface area contributed by atoms with Crippen molar-refractivity contribution in [2.45, 2.75) is 64.9 Å². The van der Waals surface area contributed by atoms with Gasteiger partial charge in [0.2, 0.25) is 5.88 Å². The van der Waals surface area contributed by atoms with Gasteiger partial charge >= 0.3 is 0 Å². The molecule has 1 saturated carbocycles. The molecule has 1 fully saturated rings. The summed E-state index contributed by atoms with van der Waals surface area (Å²) in [6.45, 7) is 8.52. The summed E-state index contributed by atoms with van der Waals surface area (Å²) in [7, 11) is 0. The molecule has 1 aromatic heterocycles. The van der Waals surface area contributed by atoms with Crippen LogP contribution < -0.4 is 10.5 Å². The maximum absolute atomic E-state index is 6.01. The molecule has 0 aromatic carbocycles. The molecule has 1 heterocycles. The van der Waals surface area contributed by atoms with Crippen LogP contribution in [0.2, 0.25) is 0 Å². The molecule has 1 aromatic rings. The highest BCUT2D eigenvalue weighted by Crippen LogP contribution is 2.28. The zero-order valence-electron chi connectivity index (χ0n) is 12.4. The van der Waals surface area contributed by atoms with Crippen molar-refractivity contribution in [3.05, 3.63) is 11.9 Å². The predicted octanol–water partition coefficient (Wildman–Crippen LogP) is 3.31. The number of rotatable bonds is 2. The first-order chi connectivity index (χ1) is 8.84. The molecule has 0 spiro atoms. The lowest BCUT2D eigenvalue weighted by Crippen LogP contribution is -2.25. The van der Waals surface area contributed by atoms with Gasteiger partial charge in [0.15, 0.2) is 0 Å². The molecule has 0 saturated heterocycles. The summed E-state index contributed by atoms with van der Waals surface area (Å²) in [5, 5.41) is 0. The molecule has 2 N–H and O–H groups in total. The lowest BCUT2D eigenvalue weighted by molar-refractivity contribution is 0.123. The first-order valence-electron chi connectivity index (χ1n) is 7.16. The summed E-state index contributed by atoms with van der Waals surface area (Å²) in [6.07, 6.45) is 5.02. The van der Waals surface area contributed by atoms with Crippen LogP contribution in [0.1, 0.15) is 59.2 Å². The van der Waals surface area contributed by atoms with Gasteiger partial charge in [0.25, 0.3) is 0 Å². The smallest absolute Gasteiger partial charge is 0.219 e. The molecule has 4 nitrogen and oxygen atoms in total. The molecule has 4 heteroatoms. The highest BCUT2D eigenvalue weighted by Gasteiger charge is 2.23. The number of ether oxygens (including phenoxy) is 1. The second-order valence-corrected chi connectivity index (χ2v) is 6.72. The molecule has 0 radical (unpaired) electrons. The van der Waals surface area contributed by atoms with Gasteiger partial charge in [0.05, 0.1) is 0 Å². The fraction of sp³-hybridized carbons (Fsp3) is 0.733. The number of hydrogen-bond donors (Lipinski definition) is 1. The fourth-order valence-electron chi connectivity index (χ4n) is 2.49. The van der Waals surface area contributed by atoms with E-state index in [2.05, 4.69) is 37.7 Å². The third-order valence-corrected chi connectivity index (χ3v) is 3.57. The van der Waals surface area contributed by atoms with Crippen molar-refractivity contribution in [1.82, 2.24) is 9.97 Å². The van der Waals surface area contributed by atoms with E-state index in [0.29, 0.717) is 11.7 Å². The topological polar surface area (TPSA) is 61.0 Å². The molecule has 19 heavy (non-hydrogen) atoms. The predicted molar refractivity (Wildman–Crippen MR) is 77.2 cm³/mol. The average Bonchev–Trinajstić information content (AvgIpc) is 2.26. The van der Waals surface area contributed by atoms with Gasteiger partial charge in [0.1, 0.15) is 17.7 Å². The monoisotopic (exact) mass is 263 g/mol. The second-order valence-electron chi connectivity index (χ2n) is 6.72. The van der Waals surface area contributed by atoms with Gasteiger partial charge in [-0.3, -0.25) is 0 Å². The number of hydrogen-bond acceptors (Lipinski definition) is 4. The molecule has 106 valence electrons. The lowest BCUT2D eigenvalue weighted by atomic mass is 9.89. The molecule has 2 atom stereocenters. The van der Waals surface area contributed by atoms with E-state index >= 15 is 0 Å². The molecule has 1 aliphatic carbocycles. The third kappa shape index (κ3) is 3.82. The van der Waals surface area contributed by atoms with E-state index in [1.807, 2.05) is 0 Å². The Morgan fingerprint density at radius 3 is 2.63 bits per heavy atom. The zero-order chi connectivity index (χ0) is 14.0. The third-order valence-electron chi connectivity index (χ3n) is 3.57. The van der Waals surface area contributed by atoms with E-state index in [0.717, 1.165) is 24.6 Å². The molecule has 0 aliphatic heterocycles. The second kappa shape index (κ2) is 5.35. The minimum atomic E-state index is -0.118. The highest BCUT2D eigenvalue weighted by molar-refractivity contribution is 5.34. The minimum absolute atomic E-state index is 0.118. The van der Waals surface area contributed by atoms with Crippen molar-refractivity contribution in [2.75, 3.05) is 5.73 Å². The Morgan fingerprint density at radius 1 is 1.26 bits per heavy atom. The summed E-state index contributed by atoms with van der Waals surface area (Å²) in [5.74, 6) is 2.58. The standard InChI is InChI=1S/C15H25N3O/c1-10-6-5-7-11(8-10)19-13-9-12(16)17-14(18-13)15(2,3)4/h9-11H,5-8H2,1-4H3,(H2,16,17,18). The van der Waals surface area contributed by atoms with Crippen molar-refractivity contribution in [2.24, 2.45) is 5.92 Å².